The molecule has 0 aliphatic carbocycles. The number of benzene rings is 1. The lowest BCUT2D eigenvalue weighted by Crippen LogP contribution is -2.21. The van der Waals surface area contributed by atoms with Gasteiger partial charge in [-0.1, -0.05) is 0 Å². The van der Waals surface area contributed by atoms with Gasteiger partial charge in [-0.2, -0.15) is 5.10 Å². The molecule has 28 heavy (non-hydrogen) atoms. The molecule has 0 aliphatic heterocycles. The molecule has 0 atom stereocenters. The maximum absolute atomic E-state index is 13.0. The topological polar surface area (TPSA) is 120 Å². The monoisotopic (exact) mass is 397 g/mol. The fourth-order valence-electron chi connectivity index (χ4n) is 2.25. The Kier molecular flexibility index (Phi) is 4.08. The van der Waals surface area contributed by atoms with Gasteiger partial charge in [0, 0.05) is 23.7 Å². The molecule has 0 aliphatic rings. The Bertz CT molecular complexity index is 1100. The Balaban J connectivity index is 2.00. The first kappa shape index (κ1) is 15.3. The molecule has 1 amide bonds. The van der Waals surface area contributed by atoms with E-state index in [4.69, 9.17) is 4.11 Å². The van der Waals surface area contributed by atoms with Crippen LogP contribution in [0.3, 0.4) is 0 Å². The lowest BCUT2D eigenvalue weighted by molar-refractivity contribution is -0.274. The molecule has 0 saturated carbocycles. The number of nitrogens with one attached hydrogen (secondary N) is 2. The average Bonchev–Trinajstić information content (AvgIpc) is 3.07. The van der Waals surface area contributed by atoms with Gasteiger partial charge < -0.3 is 15.4 Å². The number of ether oxygens (including phenoxy) is 1. The van der Waals surface area contributed by atoms with E-state index < -0.39 is 30.7 Å². The fraction of sp³-hybridized carbons (Fsp3) is 0.200. The predicted molar refractivity (Wildman–Crippen MR) is 89.6 cm³/mol. The zero-order valence-electron chi connectivity index (χ0n) is 17.0. The molecule has 1 aromatic carbocycles. The number of hydrogen-bond acceptors (Lipinski definition) is 8. The van der Waals surface area contributed by atoms with Crippen LogP contribution in [0.2, 0.25) is 0 Å². The number of alkyl halides is 3. The highest BCUT2D eigenvalue weighted by Gasteiger charge is 2.32. The van der Waals surface area contributed by atoms with Gasteiger partial charge in [0.05, 0.1) is 17.6 Å². The standard InChI is InChI=1S/C15H13F3N8O2/c1-19-14(27)12-10(5-6-20-22-12)21-9-4-3-8(13-23-24-25-26(13)2)7-11(9)28-15(16,17)18/h3-7H,1-2H3,(H,19,27)(H,20,21)/i1D3. The molecule has 0 fully saturated rings. The molecule has 0 spiro atoms. The Labute approximate surface area is 159 Å². The second-order valence-corrected chi connectivity index (χ2v) is 5.26. The summed E-state index contributed by atoms with van der Waals surface area (Å²) in [5, 5.41) is 22.2. The second-order valence-electron chi connectivity index (χ2n) is 5.26. The van der Waals surface area contributed by atoms with Crippen LogP contribution in [0.1, 0.15) is 14.6 Å². The Morgan fingerprint density at radius 1 is 1.25 bits per heavy atom. The third-order valence-electron chi connectivity index (χ3n) is 3.40. The van der Waals surface area contributed by atoms with E-state index in [0.29, 0.717) is 0 Å². The number of aromatic nitrogens is 6. The summed E-state index contributed by atoms with van der Waals surface area (Å²) in [5.41, 5.74) is -0.507. The van der Waals surface area contributed by atoms with Crippen molar-refractivity contribution in [3.05, 3.63) is 36.2 Å². The third-order valence-corrected chi connectivity index (χ3v) is 3.40. The van der Waals surface area contributed by atoms with E-state index in [1.54, 1.807) is 5.32 Å². The van der Waals surface area contributed by atoms with E-state index in [9.17, 15) is 18.0 Å². The predicted octanol–water partition coefficient (Wildman–Crippen LogP) is 1.67. The highest BCUT2D eigenvalue weighted by Crippen LogP contribution is 2.35. The molecule has 2 N–H and O–H groups in total. The molecule has 0 bridgehead atoms. The molecule has 2 aromatic heterocycles. The van der Waals surface area contributed by atoms with Gasteiger partial charge in [-0.15, -0.1) is 23.4 Å². The van der Waals surface area contributed by atoms with Crippen LogP contribution in [0, 0.1) is 0 Å². The normalized spacial score (nSPS) is 13.2. The molecule has 0 unspecified atom stereocenters. The summed E-state index contributed by atoms with van der Waals surface area (Å²) in [6, 6.07) is 4.96. The number of tetrazole rings is 1. The second kappa shape index (κ2) is 7.46. The molecule has 13 heteroatoms. The van der Waals surface area contributed by atoms with Gasteiger partial charge in [0.25, 0.3) is 5.91 Å². The Morgan fingerprint density at radius 2 is 2.07 bits per heavy atom. The number of halogens is 3. The van der Waals surface area contributed by atoms with Gasteiger partial charge in [0.15, 0.2) is 17.3 Å². The van der Waals surface area contributed by atoms with Gasteiger partial charge in [-0.05, 0) is 34.7 Å². The number of rotatable bonds is 5. The molecule has 2 heterocycles. The smallest absolute Gasteiger partial charge is 0.404 e. The Morgan fingerprint density at radius 3 is 2.75 bits per heavy atom. The van der Waals surface area contributed by atoms with Crippen molar-refractivity contribution in [1.29, 1.82) is 0 Å². The van der Waals surface area contributed by atoms with Gasteiger partial charge in [-0.3, -0.25) is 4.79 Å². The lowest BCUT2D eigenvalue weighted by atomic mass is 10.1. The summed E-state index contributed by atoms with van der Waals surface area (Å²) < 4.78 is 65.6. The van der Waals surface area contributed by atoms with Crippen molar-refractivity contribution in [3.8, 4) is 17.1 Å². The van der Waals surface area contributed by atoms with E-state index >= 15 is 0 Å². The largest absolute Gasteiger partial charge is 0.573 e. The van der Waals surface area contributed by atoms with Crippen LogP contribution in [0.15, 0.2) is 30.5 Å². The zero-order valence-corrected chi connectivity index (χ0v) is 14.0. The van der Waals surface area contributed by atoms with E-state index in [0.717, 1.165) is 6.07 Å². The first-order valence-corrected chi connectivity index (χ1v) is 7.47. The highest BCUT2D eigenvalue weighted by molar-refractivity contribution is 5.98. The van der Waals surface area contributed by atoms with Crippen molar-refractivity contribution in [1.82, 2.24) is 35.7 Å². The minimum Gasteiger partial charge on any atom is -0.404 e. The summed E-state index contributed by atoms with van der Waals surface area (Å²) in [7, 11) is 1.50. The fourth-order valence-corrected chi connectivity index (χ4v) is 2.25. The number of carbonyl (C=O) groups excluding carboxylic acids is 1. The molecular weight excluding hydrogens is 381 g/mol. The maximum atomic E-state index is 13.0. The van der Waals surface area contributed by atoms with Crippen molar-refractivity contribution in [2.75, 3.05) is 12.3 Å². The van der Waals surface area contributed by atoms with Gasteiger partial charge in [0.1, 0.15) is 0 Å². The minimum atomic E-state index is -5.02. The number of amides is 1. The maximum Gasteiger partial charge on any atom is 0.573 e. The summed E-state index contributed by atoms with van der Waals surface area (Å²) >= 11 is 0. The Hall–Kier alpha value is -3.77. The average molecular weight is 397 g/mol. The van der Waals surface area contributed by atoms with Crippen LogP contribution in [-0.2, 0) is 7.05 Å². The summed E-state index contributed by atoms with van der Waals surface area (Å²) in [6.45, 7) is -2.80. The van der Waals surface area contributed by atoms with Crippen LogP contribution >= 0.6 is 0 Å². The first-order valence-electron chi connectivity index (χ1n) is 8.97. The quantitative estimate of drug-likeness (QED) is 0.667. The first-order chi connectivity index (χ1) is 14.4. The third kappa shape index (κ3) is 4.13. The zero-order chi connectivity index (χ0) is 22.8. The molecule has 3 rings (SSSR count). The van der Waals surface area contributed by atoms with E-state index in [2.05, 4.69) is 35.8 Å². The number of aryl methyl sites for hydroxylation is 1. The lowest BCUT2D eigenvalue weighted by Gasteiger charge is -2.16. The summed E-state index contributed by atoms with van der Waals surface area (Å²) in [5.74, 6) is -1.57. The van der Waals surface area contributed by atoms with Crippen molar-refractivity contribution in [2.24, 2.45) is 7.05 Å². The van der Waals surface area contributed by atoms with Crippen molar-refractivity contribution in [3.63, 3.8) is 0 Å². The highest BCUT2D eigenvalue weighted by atomic mass is 19.4. The number of anilines is 2. The minimum absolute atomic E-state index is 0.100. The van der Waals surface area contributed by atoms with Crippen LogP contribution in [0.4, 0.5) is 24.5 Å². The van der Waals surface area contributed by atoms with E-state index in [-0.39, 0.29) is 22.8 Å². The van der Waals surface area contributed by atoms with Gasteiger partial charge in [-0.25, -0.2) is 4.68 Å². The van der Waals surface area contributed by atoms with Crippen molar-refractivity contribution in [2.45, 2.75) is 6.36 Å². The van der Waals surface area contributed by atoms with Gasteiger partial charge >= 0.3 is 6.36 Å². The molecule has 0 radical (unpaired) electrons. The summed E-state index contributed by atoms with van der Waals surface area (Å²) in [4.78, 5) is 12.2. The summed E-state index contributed by atoms with van der Waals surface area (Å²) in [6.07, 6.45) is -3.86. The van der Waals surface area contributed by atoms with Crippen molar-refractivity contribution < 1.29 is 26.8 Å². The number of hydrogen-bond donors (Lipinski definition) is 2. The van der Waals surface area contributed by atoms with E-state index in [1.807, 2.05) is 0 Å². The number of nitrogens with zero attached hydrogens (tertiary/aromatic N) is 6. The van der Waals surface area contributed by atoms with Crippen LogP contribution in [0.5, 0.6) is 5.75 Å². The molecule has 10 nitrogen and oxygen atoms in total. The molecule has 3 aromatic rings. The van der Waals surface area contributed by atoms with Gasteiger partial charge in [0.2, 0.25) is 0 Å². The SMILES string of the molecule is [2H]C([2H])([2H])NC(=O)c1nnccc1Nc1ccc(-c2nnnn2C)cc1OC(F)(F)F. The molecular formula is C15H13F3N8O2. The number of carbonyl (C=O) groups is 1. The van der Waals surface area contributed by atoms with Crippen LogP contribution in [-0.4, -0.2) is 49.6 Å². The van der Waals surface area contributed by atoms with Crippen molar-refractivity contribution >= 4 is 17.3 Å². The van der Waals surface area contributed by atoms with Crippen LogP contribution in [0.25, 0.3) is 11.4 Å². The molecule has 0 saturated heterocycles. The van der Waals surface area contributed by atoms with E-state index in [1.165, 1.54) is 36.1 Å². The van der Waals surface area contributed by atoms with Crippen LogP contribution < -0.4 is 15.4 Å². The molecule has 146 valence electrons.